The average molecular weight is 593 g/mol. The molecule has 0 aromatic heterocycles. The lowest BCUT2D eigenvalue weighted by atomic mass is 9.81. The molecule has 12 heteroatoms. The standard InChI is InChI=1S/C31H28O12/c32-15-9-19(33)17-3-13(30(43-27(17)10-15)14-7-24(38)29(41)25(39)8-14)4-18-21(35)11-20(34)16-1-2-26(42-31(16)18)12-5-22(36)28(40)23(37)6-12/h5-11,13,26,30,32-41H,1-4H2. The van der Waals surface area contributed by atoms with Crippen LogP contribution in [0.2, 0.25) is 0 Å². The van der Waals surface area contributed by atoms with Crippen LogP contribution < -0.4 is 9.47 Å². The van der Waals surface area contributed by atoms with Gasteiger partial charge in [-0.15, -0.1) is 0 Å². The zero-order valence-corrected chi connectivity index (χ0v) is 22.4. The Hall–Kier alpha value is -5.52. The molecular formula is C31H28O12. The van der Waals surface area contributed by atoms with Gasteiger partial charge in [-0.3, -0.25) is 0 Å². The maximum Gasteiger partial charge on any atom is 0.200 e. The second-order valence-electron chi connectivity index (χ2n) is 10.8. The summed E-state index contributed by atoms with van der Waals surface area (Å²) < 4.78 is 12.4. The van der Waals surface area contributed by atoms with Gasteiger partial charge in [-0.05, 0) is 55.5 Å². The second kappa shape index (κ2) is 10.1. The summed E-state index contributed by atoms with van der Waals surface area (Å²) in [7, 11) is 0. The summed E-state index contributed by atoms with van der Waals surface area (Å²) in [6, 6.07) is 8.58. The second-order valence-corrected chi connectivity index (χ2v) is 10.8. The van der Waals surface area contributed by atoms with Crippen molar-refractivity contribution in [2.45, 2.75) is 37.9 Å². The summed E-state index contributed by atoms with van der Waals surface area (Å²) >= 11 is 0. The first kappa shape index (κ1) is 27.6. The van der Waals surface area contributed by atoms with Gasteiger partial charge in [-0.2, -0.15) is 0 Å². The number of benzene rings is 4. The number of hydrogen-bond donors (Lipinski definition) is 10. The third kappa shape index (κ3) is 4.76. The number of phenols is 10. The van der Waals surface area contributed by atoms with Crippen LogP contribution in [0.3, 0.4) is 0 Å². The summed E-state index contributed by atoms with van der Waals surface area (Å²) in [4.78, 5) is 0. The van der Waals surface area contributed by atoms with E-state index in [2.05, 4.69) is 0 Å². The third-order valence-corrected chi connectivity index (χ3v) is 8.03. The molecule has 4 aromatic rings. The van der Waals surface area contributed by atoms with E-state index in [1.807, 2.05) is 0 Å². The van der Waals surface area contributed by atoms with Crippen molar-refractivity contribution in [3.8, 4) is 69.0 Å². The number of ether oxygens (including phenoxy) is 2. The highest BCUT2D eigenvalue weighted by Crippen LogP contribution is 2.52. The van der Waals surface area contributed by atoms with Crippen molar-refractivity contribution < 1.29 is 60.5 Å². The van der Waals surface area contributed by atoms with Gasteiger partial charge in [-0.1, -0.05) is 0 Å². The monoisotopic (exact) mass is 592 g/mol. The van der Waals surface area contributed by atoms with Crippen LogP contribution in [0.5, 0.6) is 69.0 Å². The van der Waals surface area contributed by atoms with Gasteiger partial charge < -0.3 is 60.5 Å². The summed E-state index contributed by atoms with van der Waals surface area (Å²) in [6.07, 6.45) is -0.857. The number of hydrogen-bond acceptors (Lipinski definition) is 12. The van der Waals surface area contributed by atoms with E-state index in [0.717, 1.165) is 6.07 Å². The predicted octanol–water partition coefficient (Wildman–Crippen LogP) is 4.34. The largest absolute Gasteiger partial charge is 0.508 e. The average Bonchev–Trinajstić information content (AvgIpc) is 2.95. The summed E-state index contributed by atoms with van der Waals surface area (Å²) in [5.74, 6) is -4.94. The lowest BCUT2D eigenvalue weighted by molar-refractivity contribution is 0.108. The molecule has 2 heterocycles. The Kier molecular flexibility index (Phi) is 6.48. The Morgan fingerprint density at radius 1 is 0.581 bits per heavy atom. The fourth-order valence-corrected chi connectivity index (χ4v) is 5.92. The first-order chi connectivity index (χ1) is 20.4. The molecule has 0 saturated heterocycles. The molecule has 10 N–H and O–H groups in total. The van der Waals surface area contributed by atoms with Gasteiger partial charge in [-0.25, -0.2) is 0 Å². The van der Waals surface area contributed by atoms with Crippen molar-refractivity contribution in [2.75, 3.05) is 0 Å². The van der Waals surface area contributed by atoms with Crippen LogP contribution >= 0.6 is 0 Å². The van der Waals surface area contributed by atoms with Gasteiger partial charge in [0, 0.05) is 46.4 Å². The molecule has 4 aromatic carbocycles. The Morgan fingerprint density at radius 3 is 1.79 bits per heavy atom. The molecule has 2 aliphatic heterocycles. The quantitative estimate of drug-likeness (QED) is 0.150. The van der Waals surface area contributed by atoms with Crippen molar-refractivity contribution in [2.24, 2.45) is 5.92 Å². The van der Waals surface area contributed by atoms with Gasteiger partial charge in [0.1, 0.15) is 46.7 Å². The van der Waals surface area contributed by atoms with E-state index in [9.17, 15) is 51.1 Å². The fourth-order valence-electron chi connectivity index (χ4n) is 5.92. The highest BCUT2D eigenvalue weighted by molar-refractivity contribution is 5.59. The van der Waals surface area contributed by atoms with Crippen LogP contribution in [-0.4, -0.2) is 51.1 Å². The Morgan fingerprint density at radius 2 is 1.16 bits per heavy atom. The third-order valence-electron chi connectivity index (χ3n) is 8.03. The van der Waals surface area contributed by atoms with E-state index in [0.29, 0.717) is 29.5 Å². The van der Waals surface area contributed by atoms with E-state index in [4.69, 9.17) is 9.47 Å². The Balaban J connectivity index is 1.43. The van der Waals surface area contributed by atoms with Crippen LogP contribution in [-0.2, 0) is 19.3 Å². The number of aromatic hydroxyl groups is 10. The summed E-state index contributed by atoms with van der Waals surface area (Å²) in [5, 5.41) is 102. The minimum Gasteiger partial charge on any atom is -0.508 e. The van der Waals surface area contributed by atoms with Gasteiger partial charge in [0.2, 0.25) is 0 Å². The first-order valence-corrected chi connectivity index (χ1v) is 13.4. The predicted molar refractivity (Wildman–Crippen MR) is 148 cm³/mol. The van der Waals surface area contributed by atoms with E-state index < -0.39 is 52.6 Å². The normalized spacial score (nSPS) is 19.1. The topological polar surface area (TPSA) is 221 Å². The molecule has 0 aliphatic carbocycles. The van der Waals surface area contributed by atoms with Crippen molar-refractivity contribution in [1.29, 1.82) is 0 Å². The highest BCUT2D eigenvalue weighted by atomic mass is 16.5. The molecule has 12 nitrogen and oxygen atoms in total. The molecular weight excluding hydrogens is 564 g/mol. The van der Waals surface area contributed by atoms with Gasteiger partial charge in [0.15, 0.2) is 34.5 Å². The van der Waals surface area contributed by atoms with Crippen molar-refractivity contribution in [3.63, 3.8) is 0 Å². The van der Waals surface area contributed by atoms with E-state index in [-0.39, 0.29) is 58.5 Å². The maximum atomic E-state index is 11.0. The molecule has 43 heavy (non-hydrogen) atoms. The summed E-state index contributed by atoms with van der Waals surface area (Å²) in [6.45, 7) is 0. The van der Waals surface area contributed by atoms with Gasteiger partial charge in [0.25, 0.3) is 0 Å². The van der Waals surface area contributed by atoms with Gasteiger partial charge >= 0.3 is 0 Å². The van der Waals surface area contributed by atoms with Crippen LogP contribution in [0.15, 0.2) is 42.5 Å². The number of phenolic OH excluding ortho intramolecular Hbond substituents is 10. The van der Waals surface area contributed by atoms with E-state index in [1.165, 1.54) is 36.4 Å². The molecule has 0 radical (unpaired) electrons. The fraction of sp³-hybridized carbons (Fsp3) is 0.226. The maximum absolute atomic E-state index is 11.0. The molecule has 3 atom stereocenters. The van der Waals surface area contributed by atoms with Crippen molar-refractivity contribution in [3.05, 3.63) is 70.3 Å². The zero-order chi connectivity index (χ0) is 30.7. The first-order valence-electron chi connectivity index (χ1n) is 13.4. The van der Waals surface area contributed by atoms with Crippen LogP contribution in [0.4, 0.5) is 0 Å². The minimum atomic E-state index is -0.930. The lowest BCUT2D eigenvalue weighted by Gasteiger charge is -2.36. The number of fused-ring (bicyclic) bond motifs is 2. The SMILES string of the molecule is Oc1cc(O)c2c(c1)OC(c1cc(O)c(O)c(O)c1)C(Cc1c(O)cc(O)c3c1OC(c1cc(O)c(O)c(O)c1)CC3)C2. The van der Waals surface area contributed by atoms with Crippen molar-refractivity contribution >= 4 is 0 Å². The molecule has 224 valence electrons. The molecule has 2 aliphatic rings. The molecule has 0 fully saturated rings. The molecule has 6 rings (SSSR count). The summed E-state index contributed by atoms with van der Waals surface area (Å²) in [5.41, 5.74) is 1.66. The van der Waals surface area contributed by atoms with Crippen LogP contribution in [0.25, 0.3) is 0 Å². The van der Waals surface area contributed by atoms with E-state index in [1.54, 1.807) is 0 Å². The zero-order valence-electron chi connectivity index (χ0n) is 22.4. The van der Waals surface area contributed by atoms with Crippen molar-refractivity contribution in [1.82, 2.24) is 0 Å². The van der Waals surface area contributed by atoms with E-state index >= 15 is 0 Å². The van der Waals surface area contributed by atoms with Crippen LogP contribution in [0.1, 0.15) is 46.4 Å². The molecule has 0 saturated carbocycles. The molecule has 0 spiro atoms. The molecule has 3 unspecified atom stereocenters. The molecule has 0 bridgehead atoms. The molecule has 0 amide bonds. The Labute approximate surface area is 243 Å². The lowest BCUT2D eigenvalue weighted by Crippen LogP contribution is -2.28. The minimum absolute atomic E-state index is 0.0278. The Bertz CT molecular complexity index is 1720. The smallest absolute Gasteiger partial charge is 0.200 e. The van der Waals surface area contributed by atoms with Crippen LogP contribution in [0, 0.1) is 5.92 Å². The number of rotatable bonds is 4. The van der Waals surface area contributed by atoms with Gasteiger partial charge in [0.05, 0.1) is 0 Å². The highest BCUT2D eigenvalue weighted by Gasteiger charge is 2.37.